The highest BCUT2D eigenvalue weighted by molar-refractivity contribution is 9.10. The number of fused-ring (bicyclic) bond motifs is 1. The number of anilines is 1. The first kappa shape index (κ1) is 21.4. The number of rotatable bonds is 6. The Labute approximate surface area is 201 Å². The monoisotopic (exact) mass is 524 g/mol. The van der Waals surface area contributed by atoms with Gasteiger partial charge >= 0.3 is 0 Å². The molecule has 0 fully saturated rings. The third-order valence-corrected chi connectivity index (χ3v) is 6.80. The third-order valence-electron chi connectivity index (χ3n) is 5.25. The predicted molar refractivity (Wildman–Crippen MR) is 128 cm³/mol. The van der Waals surface area contributed by atoms with E-state index in [1.807, 2.05) is 37.3 Å². The van der Waals surface area contributed by atoms with E-state index in [9.17, 15) is 14.7 Å². The fourth-order valence-electron chi connectivity index (χ4n) is 3.79. The van der Waals surface area contributed by atoms with E-state index in [0.29, 0.717) is 28.6 Å². The number of aromatic nitrogens is 1. The summed E-state index contributed by atoms with van der Waals surface area (Å²) < 4.78 is 12.5. The van der Waals surface area contributed by atoms with E-state index in [1.54, 1.807) is 18.2 Å². The summed E-state index contributed by atoms with van der Waals surface area (Å²) in [6.45, 7) is 2.43. The highest BCUT2D eigenvalue weighted by Crippen LogP contribution is 2.44. The Balaban J connectivity index is 1.64. The number of ketones is 1. The van der Waals surface area contributed by atoms with Gasteiger partial charge in [0.1, 0.15) is 5.75 Å². The number of halogens is 1. The molecule has 166 valence electrons. The molecule has 1 aliphatic rings. The van der Waals surface area contributed by atoms with E-state index >= 15 is 0 Å². The molecule has 3 heterocycles. The minimum atomic E-state index is -0.866. The molecule has 4 aromatic rings. The van der Waals surface area contributed by atoms with Gasteiger partial charge in [0.15, 0.2) is 16.7 Å². The molecule has 1 aliphatic heterocycles. The number of furan rings is 1. The summed E-state index contributed by atoms with van der Waals surface area (Å²) >= 11 is 4.70. The van der Waals surface area contributed by atoms with Gasteiger partial charge in [-0.1, -0.05) is 39.4 Å². The number of benzene rings is 2. The smallest absolute Gasteiger partial charge is 0.296 e. The highest BCUT2D eigenvalue weighted by Gasteiger charge is 2.46. The Hall–Kier alpha value is -3.43. The Morgan fingerprint density at radius 2 is 2.03 bits per heavy atom. The molecule has 1 atom stereocenters. The summed E-state index contributed by atoms with van der Waals surface area (Å²) in [7, 11) is 0. The molecule has 0 unspecified atom stereocenters. The topological polar surface area (TPSA) is 92.9 Å². The second kappa shape index (κ2) is 8.49. The van der Waals surface area contributed by atoms with E-state index in [0.717, 1.165) is 9.17 Å². The zero-order chi connectivity index (χ0) is 23.1. The molecule has 7 nitrogen and oxygen atoms in total. The van der Waals surface area contributed by atoms with Gasteiger partial charge in [-0.2, -0.15) is 0 Å². The Morgan fingerprint density at radius 3 is 2.73 bits per heavy atom. The molecule has 1 N–H and O–H groups in total. The quantitative estimate of drug-likeness (QED) is 0.319. The molecule has 0 saturated carbocycles. The molecule has 0 aliphatic carbocycles. The largest absolute Gasteiger partial charge is 0.503 e. The SMILES string of the molecule is CCOc1ccc2nc(N3C(=O)C(O)=C(C(=O)c4ccco4)[C@H]3c3ccc(Br)cc3)sc2c1. The van der Waals surface area contributed by atoms with E-state index in [2.05, 4.69) is 20.9 Å². The minimum Gasteiger partial charge on any atom is -0.503 e. The van der Waals surface area contributed by atoms with Crippen LogP contribution in [0.15, 0.2) is 81.1 Å². The maximum Gasteiger partial charge on any atom is 0.296 e. The van der Waals surface area contributed by atoms with E-state index in [4.69, 9.17) is 9.15 Å². The third kappa shape index (κ3) is 3.73. The van der Waals surface area contributed by atoms with Gasteiger partial charge in [0.25, 0.3) is 5.91 Å². The van der Waals surface area contributed by atoms with Crippen LogP contribution < -0.4 is 9.64 Å². The van der Waals surface area contributed by atoms with Gasteiger partial charge in [-0.15, -0.1) is 0 Å². The van der Waals surface area contributed by atoms with Gasteiger partial charge in [0.05, 0.1) is 34.7 Å². The molecule has 5 rings (SSSR count). The molecule has 0 bridgehead atoms. The highest BCUT2D eigenvalue weighted by atomic mass is 79.9. The maximum atomic E-state index is 13.3. The van der Waals surface area contributed by atoms with E-state index in [1.165, 1.54) is 28.6 Å². The number of thiazole rings is 1. The first-order valence-corrected chi connectivity index (χ1v) is 11.7. The number of carbonyl (C=O) groups excluding carboxylic acids is 2. The van der Waals surface area contributed by atoms with E-state index < -0.39 is 23.5 Å². The number of aliphatic hydroxyl groups is 1. The van der Waals surface area contributed by atoms with Crippen LogP contribution in [0.1, 0.15) is 29.1 Å². The van der Waals surface area contributed by atoms with Crippen molar-refractivity contribution in [3.05, 3.63) is 88.0 Å². The summed E-state index contributed by atoms with van der Waals surface area (Å²) in [6, 6.07) is 14.9. The first-order chi connectivity index (χ1) is 16.0. The van der Waals surface area contributed by atoms with Crippen molar-refractivity contribution in [1.29, 1.82) is 0 Å². The van der Waals surface area contributed by atoms with Crippen LogP contribution in [0.4, 0.5) is 5.13 Å². The molecular weight excluding hydrogens is 508 g/mol. The predicted octanol–water partition coefficient (Wildman–Crippen LogP) is 5.83. The zero-order valence-corrected chi connectivity index (χ0v) is 19.7. The lowest BCUT2D eigenvalue weighted by Crippen LogP contribution is -2.30. The van der Waals surface area contributed by atoms with Gasteiger partial charge in [0.2, 0.25) is 5.78 Å². The van der Waals surface area contributed by atoms with Crippen molar-refractivity contribution in [1.82, 2.24) is 4.98 Å². The molecule has 2 aromatic heterocycles. The van der Waals surface area contributed by atoms with Crippen molar-refractivity contribution in [2.24, 2.45) is 0 Å². The number of amides is 1. The van der Waals surface area contributed by atoms with Crippen LogP contribution in [0.5, 0.6) is 5.75 Å². The van der Waals surface area contributed by atoms with Crippen LogP contribution in [-0.4, -0.2) is 28.4 Å². The number of hydrogen-bond acceptors (Lipinski definition) is 7. The van der Waals surface area contributed by atoms with Crippen LogP contribution in [0, 0.1) is 0 Å². The first-order valence-electron chi connectivity index (χ1n) is 10.1. The summed E-state index contributed by atoms with van der Waals surface area (Å²) in [5, 5.41) is 11.2. The fraction of sp³-hybridized carbons (Fsp3) is 0.125. The summed E-state index contributed by atoms with van der Waals surface area (Å²) in [5.74, 6) is -1.12. The van der Waals surface area contributed by atoms with Crippen molar-refractivity contribution in [3.63, 3.8) is 0 Å². The van der Waals surface area contributed by atoms with E-state index in [-0.39, 0.29) is 11.3 Å². The van der Waals surface area contributed by atoms with Crippen LogP contribution in [-0.2, 0) is 4.79 Å². The van der Waals surface area contributed by atoms with Gasteiger partial charge in [0, 0.05) is 4.47 Å². The molecular formula is C24H17BrN2O5S. The lowest BCUT2D eigenvalue weighted by atomic mass is 9.95. The molecule has 1 amide bonds. The van der Waals surface area contributed by atoms with Crippen molar-refractivity contribution < 1.29 is 23.8 Å². The minimum absolute atomic E-state index is 0.0407. The molecule has 9 heteroatoms. The van der Waals surface area contributed by atoms with Crippen molar-refractivity contribution >= 4 is 54.3 Å². The number of nitrogens with zero attached hydrogens (tertiary/aromatic N) is 2. The zero-order valence-electron chi connectivity index (χ0n) is 17.3. The number of carbonyl (C=O) groups is 2. The Morgan fingerprint density at radius 1 is 1.24 bits per heavy atom. The average molecular weight is 525 g/mol. The van der Waals surface area contributed by atoms with Crippen LogP contribution >= 0.6 is 27.3 Å². The molecule has 2 aromatic carbocycles. The van der Waals surface area contributed by atoms with Crippen LogP contribution in [0.3, 0.4) is 0 Å². The molecule has 0 spiro atoms. The number of hydrogen-bond donors (Lipinski definition) is 1. The van der Waals surface area contributed by atoms with Crippen molar-refractivity contribution in [3.8, 4) is 5.75 Å². The van der Waals surface area contributed by atoms with Crippen molar-refractivity contribution in [2.45, 2.75) is 13.0 Å². The number of ether oxygens (including phenoxy) is 1. The molecule has 33 heavy (non-hydrogen) atoms. The van der Waals surface area contributed by atoms with Crippen LogP contribution in [0.25, 0.3) is 10.2 Å². The standard InChI is InChI=1S/C24H17BrN2O5S/c1-2-31-15-9-10-16-18(12-15)33-24(26-16)27-20(13-5-7-14(25)8-6-13)19(22(29)23(27)30)21(28)17-4-3-11-32-17/h3-12,20,29H,2H2,1H3/t20-/m1/s1. The Kier molecular flexibility index (Phi) is 5.51. The average Bonchev–Trinajstić information content (AvgIpc) is 3.53. The number of aliphatic hydroxyl groups excluding tert-OH is 1. The normalized spacial score (nSPS) is 16.1. The summed E-state index contributed by atoms with van der Waals surface area (Å²) in [5.41, 5.74) is 1.29. The van der Waals surface area contributed by atoms with Gasteiger partial charge in [-0.25, -0.2) is 4.98 Å². The Bertz CT molecular complexity index is 1390. The lowest BCUT2D eigenvalue weighted by molar-refractivity contribution is -0.117. The summed E-state index contributed by atoms with van der Waals surface area (Å²) in [6.07, 6.45) is 1.37. The van der Waals surface area contributed by atoms with Gasteiger partial charge in [-0.3, -0.25) is 14.5 Å². The molecule has 0 radical (unpaired) electrons. The van der Waals surface area contributed by atoms with Gasteiger partial charge < -0.3 is 14.3 Å². The van der Waals surface area contributed by atoms with Gasteiger partial charge in [-0.05, 0) is 55.0 Å². The summed E-state index contributed by atoms with van der Waals surface area (Å²) in [4.78, 5) is 32.5. The van der Waals surface area contributed by atoms with Crippen molar-refractivity contribution in [2.75, 3.05) is 11.5 Å². The molecule has 0 saturated heterocycles. The fourth-order valence-corrected chi connectivity index (χ4v) is 5.07. The number of Topliss-reactive ketones (excluding diaryl/α,β-unsaturated/α-hetero) is 1. The lowest BCUT2D eigenvalue weighted by Gasteiger charge is -2.24. The van der Waals surface area contributed by atoms with Crippen LogP contribution in [0.2, 0.25) is 0 Å². The second-order valence-electron chi connectivity index (χ2n) is 7.26. The maximum absolute atomic E-state index is 13.3. The second-order valence-corrected chi connectivity index (χ2v) is 9.18.